The molecule has 2 aromatic rings. The highest BCUT2D eigenvalue weighted by molar-refractivity contribution is 6.35. The molecule has 0 aliphatic carbocycles. The quantitative estimate of drug-likeness (QED) is 0.761. The number of aryl methyl sites for hydroxylation is 1. The molecule has 0 N–H and O–H groups in total. The number of benzene rings is 1. The smallest absolute Gasteiger partial charge is 0.151 e. The van der Waals surface area contributed by atoms with Crippen molar-refractivity contribution in [1.82, 2.24) is 9.97 Å². The Hall–Kier alpha value is -0.930. The van der Waals surface area contributed by atoms with E-state index < -0.39 is 5.82 Å². The van der Waals surface area contributed by atoms with Gasteiger partial charge in [-0.2, -0.15) is 0 Å². The SMILES string of the molecule is CCCc1nc(Cl)c2cc(Cl)cc(F)c2n1. The fourth-order valence-electron chi connectivity index (χ4n) is 1.50. The van der Waals surface area contributed by atoms with E-state index in [4.69, 9.17) is 23.2 Å². The van der Waals surface area contributed by atoms with E-state index in [1.165, 1.54) is 6.07 Å². The van der Waals surface area contributed by atoms with Crippen molar-refractivity contribution in [3.05, 3.63) is 34.0 Å². The van der Waals surface area contributed by atoms with Crippen LogP contribution in [0.4, 0.5) is 4.39 Å². The Bertz CT molecular complexity index is 543. The molecule has 2 nitrogen and oxygen atoms in total. The van der Waals surface area contributed by atoms with Crippen molar-refractivity contribution < 1.29 is 4.39 Å². The third-order valence-corrected chi connectivity index (χ3v) is 2.70. The van der Waals surface area contributed by atoms with Gasteiger partial charge in [0, 0.05) is 16.8 Å². The monoisotopic (exact) mass is 258 g/mol. The minimum atomic E-state index is -0.468. The summed E-state index contributed by atoms with van der Waals surface area (Å²) < 4.78 is 13.6. The predicted octanol–water partition coefficient (Wildman–Crippen LogP) is 4.03. The Labute approximate surface area is 102 Å². The molecule has 0 amide bonds. The Morgan fingerprint density at radius 2 is 2.00 bits per heavy atom. The summed E-state index contributed by atoms with van der Waals surface area (Å²) in [4.78, 5) is 8.24. The predicted molar refractivity (Wildman–Crippen MR) is 63.5 cm³/mol. The molecule has 0 saturated heterocycles. The van der Waals surface area contributed by atoms with E-state index in [1.54, 1.807) is 6.07 Å². The van der Waals surface area contributed by atoms with Crippen LogP contribution in [0.3, 0.4) is 0 Å². The van der Waals surface area contributed by atoms with E-state index >= 15 is 0 Å². The Balaban J connectivity index is 2.71. The van der Waals surface area contributed by atoms with Crippen LogP contribution in [-0.4, -0.2) is 9.97 Å². The number of hydrogen-bond donors (Lipinski definition) is 0. The van der Waals surface area contributed by atoms with Crippen molar-refractivity contribution in [2.45, 2.75) is 19.8 Å². The first kappa shape index (κ1) is 11.6. The lowest BCUT2D eigenvalue weighted by atomic mass is 10.2. The second-order valence-electron chi connectivity index (χ2n) is 3.46. The molecule has 16 heavy (non-hydrogen) atoms. The normalized spacial score (nSPS) is 11.0. The van der Waals surface area contributed by atoms with Crippen molar-refractivity contribution in [2.75, 3.05) is 0 Å². The number of nitrogens with zero attached hydrogens (tertiary/aromatic N) is 2. The third kappa shape index (κ3) is 2.11. The Morgan fingerprint density at radius 1 is 1.25 bits per heavy atom. The number of halogens is 3. The summed E-state index contributed by atoms with van der Waals surface area (Å²) in [5, 5.41) is 0.986. The van der Waals surface area contributed by atoms with Crippen LogP contribution in [0.1, 0.15) is 19.2 Å². The van der Waals surface area contributed by atoms with Crippen molar-refractivity contribution in [2.24, 2.45) is 0 Å². The van der Waals surface area contributed by atoms with Gasteiger partial charge >= 0.3 is 0 Å². The van der Waals surface area contributed by atoms with E-state index in [0.29, 0.717) is 22.7 Å². The molecule has 0 bridgehead atoms. The lowest BCUT2D eigenvalue weighted by molar-refractivity contribution is 0.635. The van der Waals surface area contributed by atoms with Gasteiger partial charge in [-0.3, -0.25) is 0 Å². The van der Waals surface area contributed by atoms with Crippen LogP contribution in [0.25, 0.3) is 10.9 Å². The summed E-state index contributed by atoms with van der Waals surface area (Å²) in [6.07, 6.45) is 1.56. The van der Waals surface area contributed by atoms with Crippen LogP contribution in [0, 0.1) is 5.82 Å². The van der Waals surface area contributed by atoms with Gasteiger partial charge in [0.25, 0.3) is 0 Å². The zero-order valence-corrected chi connectivity index (χ0v) is 10.1. The fraction of sp³-hybridized carbons (Fsp3) is 0.273. The van der Waals surface area contributed by atoms with Crippen LogP contribution >= 0.6 is 23.2 Å². The summed E-state index contributed by atoms with van der Waals surface area (Å²) in [5.74, 6) is 0.0883. The first-order valence-corrected chi connectivity index (χ1v) is 5.68. The van der Waals surface area contributed by atoms with Crippen molar-refractivity contribution in [1.29, 1.82) is 0 Å². The minimum Gasteiger partial charge on any atom is -0.230 e. The van der Waals surface area contributed by atoms with Gasteiger partial charge in [0.15, 0.2) is 5.82 Å². The van der Waals surface area contributed by atoms with E-state index in [9.17, 15) is 4.39 Å². The van der Waals surface area contributed by atoms with Crippen LogP contribution in [0.15, 0.2) is 12.1 Å². The van der Waals surface area contributed by atoms with E-state index in [1.807, 2.05) is 6.92 Å². The fourth-order valence-corrected chi connectivity index (χ4v) is 1.95. The average Bonchev–Trinajstić information content (AvgIpc) is 2.20. The van der Waals surface area contributed by atoms with E-state index in [0.717, 1.165) is 6.42 Å². The first-order valence-electron chi connectivity index (χ1n) is 4.93. The maximum atomic E-state index is 13.6. The second-order valence-corrected chi connectivity index (χ2v) is 4.26. The molecule has 0 aliphatic rings. The average molecular weight is 259 g/mol. The van der Waals surface area contributed by atoms with Gasteiger partial charge in [-0.15, -0.1) is 0 Å². The lowest BCUT2D eigenvalue weighted by Gasteiger charge is -2.04. The molecule has 5 heteroatoms. The molecule has 0 unspecified atom stereocenters. The largest absolute Gasteiger partial charge is 0.230 e. The molecule has 0 fully saturated rings. The highest BCUT2D eigenvalue weighted by Crippen LogP contribution is 2.26. The maximum Gasteiger partial charge on any atom is 0.151 e. The molecule has 1 aromatic carbocycles. The molecule has 1 heterocycles. The number of aromatic nitrogens is 2. The molecular formula is C11H9Cl2FN2. The molecule has 0 spiro atoms. The summed E-state index contributed by atoms with van der Waals surface area (Å²) in [6, 6.07) is 2.79. The van der Waals surface area contributed by atoms with Gasteiger partial charge in [-0.25, -0.2) is 14.4 Å². The van der Waals surface area contributed by atoms with Crippen molar-refractivity contribution >= 4 is 34.1 Å². The molecule has 0 radical (unpaired) electrons. The van der Waals surface area contributed by atoms with Gasteiger partial charge in [0.05, 0.1) is 0 Å². The minimum absolute atomic E-state index is 0.229. The highest BCUT2D eigenvalue weighted by Gasteiger charge is 2.10. The standard InChI is InChI=1S/C11H9Cl2FN2/c1-2-3-9-15-10-7(11(13)16-9)4-6(12)5-8(10)14/h4-5H,2-3H2,1H3. The molecule has 0 saturated carbocycles. The number of rotatable bonds is 2. The Kier molecular flexibility index (Phi) is 3.26. The van der Waals surface area contributed by atoms with Crippen LogP contribution in [0.2, 0.25) is 10.2 Å². The van der Waals surface area contributed by atoms with Crippen molar-refractivity contribution in [3.63, 3.8) is 0 Å². The topological polar surface area (TPSA) is 25.8 Å². The zero-order chi connectivity index (χ0) is 11.7. The maximum absolute atomic E-state index is 13.6. The van der Waals surface area contributed by atoms with E-state index in [2.05, 4.69) is 9.97 Å². The molecular weight excluding hydrogens is 250 g/mol. The third-order valence-electron chi connectivity index (χ3n) is 2.19. The Morgan fingerprint density at radius 3 is 2.69 bits per heavy atom. The van der Waals surface area contributed by atoms with Gasteiger partial charge in [0.2, 0.25) is 0 Å². The van der Waals surface area contributed by atoms with Gasteiger partial charge in [-0.05, 0) is 18.6 Å². The molecule has 1 aromatic heterocycles. The van der Waals surface area contributed by atoms with Crippen LogP contribution in [0.5, 0.6) is 0 Å². The molecule has 0 atom stereocenters. The summed E-state index contributed by atoms with van der Waals surface area (Å²) in [7, 11) is 0. The first-order chi connectivity index (χ1) is 7.61. The summed E-state index contributed by atoms with van der Waals surface area (Å²) in [6.45, 7) is 2.00. The molecule has 0 aliphatic heterocycles. The number of hydrogen-bond acceptors (Lipinski definition) is 2. The van der Waals surface area contributed by atoms with Crippen LogP contribution < -0.4 is 0 Å². The van der Waals surface area contributed by atoms with E-state index in [-0.39, 0.29) is 10.7 Å². The lowest BCUT2D eigenvalue weighted by Crippen LogP contribution is -1.97. The van der Waals surface area contributed by atoms with Gasteiger partial charge < -0.3 is 0 Å². The summed E-state index contributed by atoms with van der Waals surface area (Å²) >= 11 is 11.7. The summed E-state index contributed by atoms with van der Waals surface area (Å²) in [5.41, 5.74) is 0.229. The second kappa shape index (κ2) is 4.52. The molecule has 84 valence electrons. The highest BCUT2D eigenvalue weighted by atomic mass is 35.5. The van der Waals surface area contributed by atoms with Gasteiger partial charge in [0.1, 0.15) is 16.5 Å². The molecule has 2 rings (SSSR count). The van der Waals surface area contributed by atoms with Crippen molar-refractivity contribution in [3.8, 4) is 0 Å². The number of fused-ring (bicyclic) bond motifs is 1. The van der Waals surface area contributed by atoms with Gasteiger partial charge in [-0.1, -0.05) is 30.1 Å². The zero-order valence-electron chi connectivity index (χ0n) is 8.60. The van der Waals surface area contributed by atoms with Crippen LogP contribution in [-0.2, 0) is 6.42 Å².